The van der Waals surface area contributed by atoms with Crippen molar-refractivity contribution in [2.45, 2.75) is 19.9 Å². The van der Waals surface area contributed by atoms with Crippen molar-refractivity contribution >= 4 is 17.5 Å². The Labute approximate surface area is 158 Å². The maximum atomic E-state index is 12.7. The first kappa shape index (κ1) is 19.0. The summed E-state index contributed by atoms with van der Waals surface area (Å²) >= 11 is 0. The summed E-state index contributed by atoms with van der Waals surface area (Å²) in [6, 6.07) is 8.73. The smallest absolute Gasteiger partial charge is 0.289 e. The molecule has 0 aliphatic carbocycles. The van der Waals surface area contributed by atoms with E-state index in [1.54, 1.807) is 24.1 Å². The van der Waals surface area contributed by atoms with Gasteiger partial charge in [-0.1, -0.05) is 6.07 Å². The summed E-state index contributed by atoms with van der Waals surface area (Å²) in [4.78, 5) is 28.9. The number of ether oxygens (including phenoxy) is 1. The molecule has 7 nitrogen and oxygen atoms in total. The van der Waals surface area contributed by atoms with E-state index in [4.69, 9.17) is 9.15 Å². The predicted octanol–water partition coefficient (Wildman–Crippen LogP) is 2.38. The lowest BCUT2D eigenvalue weighted by Gasteiger charge is -2.37. The molecule has 0 radical (unpaired) electrons. The SMILES string of the molecule is COc1ccc(C)cc1NC(=O)[C@H](C)N1CCN(C(=O)c2ccco2)CC1. The Morgan fingerprint density at radius 3 is 2.56 bits per heavy atom. The molecule has 2 amide bonds. The minimum atomic E-state index is -0.309. The van der Waals surface area contributed by atoms with E-state index in [1.165, 1.54) is 6.26 Å². The molecule has 1 saturated heterocycles. The number of aryl methyl sites for hydroxylation is 1. The van der Waals surface area contributed by atoms with Crippen molar-refractivity contribution in [1.82, 2.24) is 9.80 Å². The summed E-state index contributed by atoms with van der Waals surface area (Å²) in [5.74, 6) is 0.779. The predicted molar refractivity (Wildman–Crippen MR) is 102 cm³/mol. The molecule has 1 atom stereocenters. The van der Waals surface area contributed by atoms with E-state index >= 15 is 0 Å². The van der Waals surface area contributed by atoms with Crippen molar-refractivity contribution in [2.75, 3.05) is 38.6 Å². The van der Waals surface area contributed by atoms with E-state index in [2.05, 4.69) is 10.2 Å². The van der Waals surface area contributed by atoms with Crippen LogP contribution in [0.2, 0.25) is 0 Å². The normalized spacial score (nSPS) is 16.0. The highest BCUT2D eigenvalue weighted by Gasteiger charge is 2.29. The second-order valence-electron chi connectivity index (χ2n) is 6.67. The molecule has 7 heteroatoms. The van der Waals surface area contributed by atoms with Crippen LogP contribution in [0, 0.1) is 6.92 Å². The maximum absolute atomic E-state index is 12.7. The summed E-state index contributed by atoms with van der Waals surface area (Å²) in [7, 11) is 1.58. The molecule has 27 heavy (non-hydrogen) atoms. The molecule has 2 aromatic rings. The van der Waals surface area contributed by atoms with E-state index in [0.717, 1.165) is 5.56 Å². The van der Waals surface area contributed by atoms with Crippen LogP contribution in [0.5, 0.6) is 5.75 Å². The summed E-state index contributed by atoms with van der Waals surface area (Å²) in [6.45, 7) is 6.23. The average Bonchev–Trinajstić information content (AvgIpc) is 3.22. The first-order valence-electron chi connectivity index (χ1n) is 9.02. The molecule has 0 spiro atoms. The highest BCUT2D eigenvalue weighted by atomic mass is 16.5. The Morgan fingerprint density at radius 2 is 1.93 bits per heavy atom. The van der Waals surface area contributed by atoms with Crippen molar-refractivity contribution in [2.24, 2.45) is 0 Å². The van der Waals surface area contributed by atoms with Gasteiger partial charge in [0.05, 0.1) is 25.1 Å². The van der Waals surface area contributed by atoms with Gasteiger partial charge in [0.25, 0.3) is 5.91 Å². The lowest BCUT2D eigenvalue weighted by Crippen LogP contribution is -2.54. The van der Waals surface area contributed by atoms with Gasteiger partial charge < -0.3 is 19.4 Å². The van der Waals surface area contributed by atoms with E-state index in [9.17, 15) is 9.59 Å². The largest absolute Gasteiger partial charge is 0.495 e. The van der Waals surface area contributed by atoms with Crippen molar-refractivity contribution in [3.8, 4) is 5.75 Å². The third kappa shape index (κ3) is 4.31. The molecule has 1 aromatic heterocycles. The Kier molecular flexibility index (Phi) is 5.81. The van der Waals surface area contributed by atoms with Gasteiger partial charge in [0, 0.05) is 26.2 Å². The van der Waals surface area contributed by atoms with E-state index in [0.29, 0.717) is 43.4 Å². The number of furan rings is 1. The van der Waals surface area contributed by atoms with Crippen molar-refractivity contribution in [1.29, 1.82) is 0 Å². The Balaban J connectivity index is 1.57. The van der Waals surface area contributed by atoms with Crippen LogP contribution in [-0.2, 0) is 4.79 Å². The fourth-order valence-electron chi connectivity index (χ4n) is 3.19. The lowest BCUT2D eigenvalue weighted by atomic mass is 10.1. The number of hydrogen-bond donors (Lipinski definition) is 1. The van der Waals surface area contributed by atoms with Crippen LogP contribution in [0.1, 0.15) is 23.0 Å². The zero-order valence-electron chi connectivity index (χ0n) is 15.9. The van der Waals surface area contributed by atoms with Crippen LogP contribution >= 0.6 is 0 Å². The Bertz CT molecular complexity index is 796. The van der Waals surface area contributed by atoms with Crippen LogP contribution in [0.15, 0.2) is 41.0 Å². The third-order valence-corrected chi connectivity index (χ3v) is 4.87. The Hall–Kier alpha value is -2.80. The quantitative estimate of drug-likeness (QED) is 0.873. The number of piperazine rings is 1. The molecule has 1 aliphatic heterocycles. The first-order valence-corrected chi connectivity index (χ1v) is 9.02. The molecule has 1 aromatic carbocycles. The number of benzene rings is 1. The minimum absolute atomic E-state index is 0.0929. The van der Waals surface area contributed by atoms with Crippen LogP contribution < -0.4 is 10.1 Å². The zero-order chi connectivity index (χ0) is 19.4. The summed E-state index contributed by atoms with van der Waals surface area (Å²) in [5.41, 5.74) is 1.71. The Morgan fingerprint density at radius 1 is 1.19 bits per heavy atom. The number of anilines is 1. The highest BCUT2D eigenvalue weighted by molar-refractivity contribution is 5.96. The van der Waals surface area contributed by atoms with Crippen LogP contribution in [0.25, 0.3) is 0 Å². The van der Waals surface area contributed by atoms with Gasteiger partial charge in [0.2, 0.25) is 5.91 Å². The minimum Gasteiger partial charge on any atom is -0.495 e. The number of amides is 2. The van der Waals surface area contributed by atoms with Gasteiger partial charge >= 0.3 is 0 Å². The number of rotatable bonds is 5. The molecule has 1 N–H and O–H groups in total. The van der Waals surface area contributed by atoms with E-state index in [-0.39, 0.29) is 17.9 Å². The second-order valence-corrected chi connectivity index (χ2v) is 6.67. The molecule has 1 fully saturated rings. The highest BCUT2D eigenvalue weighted by Crippen LogP contribution is 2.25. The molecule has 2 heterocycles. The number of hydrogen-bond acceptors (Lipinski definition) is 5. The number of carbonyl (C=O) groups excluding carboxylic acids is 2. The first-order chi connectivity index (χ1) is 13.0. The van der Waals surface area contributed by atoms with Gasteiger partial charge in [0.15, 0.2) is 5.76 Å². The van der Waals surface area contributed by atoms with E-state index < -0.39 is 0 Å². The van der Waals surface area contributed by atoms with Gasteiger partial charge in [-0.15, -0.1) is 0 Å². The molecule has 0 saturated carbocycles. The monoisotopic (exact) mass is 371 g/mol. The summed E-state index contributed by atoms with van der Waals surface area (Å²) < 4.78 is 10.5. The van der Waals surface area contributed by atoms with Gasteiger partial charge in [0.1, 0.15) is 5.75 Å². The summed E-state index contributed by atoms with van der Waals surface area (Å²) in [5, 5.41) is 2.95. The fourth-order valence-corrected chi connectivity index (χ4v) is 3.19. The molecule has 0 bridgehead atoms. The molecule has 1 aliphatic rings. The summed E-state index contributed by atoms with van der Waals surface area (Å²) in [6.07, 6.45) is 1.50. The van der Waals surface area contributed by atoms with Gasteiger partial charge in [-0.25, -0.2) is 0 Å². The van der Waals surface area contributed by atoms with Crippen molar-refractivity contribution in [3.05, 3.63) is 47.9 Å². The molecule has 144 valence electrons. The number of methoxy groups -OCH3 is 1. The second kappa shape index (κ2) is 8.26. The molecule has 0 unspecified atom stereocenters. The van der Waals surface area contributed by atoms with Gasteiger partial charge in [-0.3, -0.25) is 14.5 Å². The van der Waals surface area contributed by atoms with Crippen LogP contribution in [-0.4, -0.2) is 60.9 Å². The third-order valence-electron chi connectivity index (χ3n) is 4.87. The van der Waals surface area contributed by atoms with Crippen LogP contribution in [0.4, 0.5) is 5.69 Å². The topological polar surface area (TPSA) is 75.0 Å². The maximum Gasteiger partial charge on any atom is 0.289 e. The molecular weight excluding hydrogens is 346 g/mol. The van der Waals surface area contributed by atoms with Gasteiger partial charge in [-0.05, 0) is 43.7 Å². The number of carbonyl (C=O) groups is 2. The lowest BCUT2D eigenvalue weighted by molar-refractivity contribution is -0.121. The standard InChI is InChI=1S/C20H25N3O4/c1-14-6-7-17(26-3)16(13-14)21-19(24)15(2)22-8-10-23(11-9-22)20(25)18-5-4-12-27-18/h4-7,12-13,15H,8-11H2,1-3H3,(H,21,24)/t15-/m0/s1. The van der Waals surface area contributed by atoms with Crippen molar-refractivity contribution in [3.63, 3.8) is 0 Å². The van der Waals surface area contributed by atoms with Crippen LogP contribution in [0.3, 0.4) is 0 Å². The van der Waals surface area contributed by atoms with E-state index in [1.807, 2.05) is 32.0 Å². The number of nitrogens with one attached hydrogen (secondary N) is 1. The fraction of sp³-hybridized carbons (Fsp3) is 0.400. The molecule has 3 rings (SSSR count). The number of nitrogens with zero attached hydrogens (tertiary/aromatic N) is 2. The average molecular weight is 371 g/mol. The van der Waals surface area contributed by atoms with Gasteiger partial charge in [-0.2, -0.15) is 0 Å². The molecular formula is C20H25N3O4. The van der Waals surface area contributed by atoms with Crippen molar-refractivity contribution < 1.29 is 18.7 Å². The zero-order valence-corrected chi connectivity index (χ0v) is 15.9.